The Kier molecular flexibility index (Phi) is 7.91. The summed E-state index contributed by atoms with van der Waals surface area (Å²) >= 11 is 5.91. The first-order chi connectivity index (χ1) is 14.8. The molecule has 4 rings (SSSR count). The van der Waals surface area contributed by atoms with Crippen LogP contribution in [0.4, 0.5) is 14.9 Å². The number of carboxylic acid groups (broad SMARTS) is 2. The third-order valence-corrected chi connectivity index (χ3v) is 6.10. The van der Waals surface area contributed by atoms with Crippen LogP contribution >= 0.6 is 11.6 Å². The summed E-state index contributed by atoms with van der Waals surface area (Å²) in [5.74, 6) is -0.0127. The van der Waals surface area contributed by atoms with Gasteiger partial charge in [-0.2, -0.15) is 0 Å². The highest BCUT2D eigenvalue weighted by molar-refractivity contribution is 6.30. The van der Waals surface area contributed by atoms with Crippen LogP contribution in [-0.4, -0.2) is 22.3 Å². The van der Waals surface area contributed by atoms with Gasteiger partial charge >= 0.3 is 6.16 Å². The van der Waals surface area contributed by atoms with Gasteiger partial charge < -0.3 is 15.5 Å². The SMILES string of the molecule is O=C(Nc1cccc(CC2CC2)c1)[C@H](c1ccc(Cl)cc1F)C1CCCC1.O=C(O)O. The van der Waals surface area contributed by atoms with E-state index in [1.54, 1.807) is 12.1 Å². The fraction of sp³-hybridized carbons (Fsp3) is 0.417. The summed E-state index contributed by atoms with van der Waals surface area (Å²) in [6.07, 6.45) is 5.96. The second kappa shape index (κ2) is 10.6. The summed E-state index contributed by atoms with van der Waals surface area (Å²) in [6.45, 7) is 0. The minimum absolute atomic E-state index is 0.119. The van der Waals surface area contributed by atoms with Crippen molar-refractivity contribution in [3.8, 4) is 0 Å². The van der Waals surface area contributed by atoms with Crippen LogP contribution < -0.4 is 5.32 Å². The second-order valence-corrected chi connectivity index (χ2v) is 8.74. The molecule has 2 aromatic carbocycles. The lowest BCUT2D eigenvalue weighted by Gasteiger charge is -2.24. The number of hydrogen-bond acceptors (Lipinski definition) is 2. The van der Waals surface area contributed by atoms with Crippen molar-refractivity contribution in [3.63, 3.8) is 0 Å². The summed E-state index contributed by atoms with van der Waals surface area (Å²) in [5.41, 5.74) is 2.51. The molecule has 2 saturated carbocycles. The lowest BCUT2D eigenvalue weighted by atomic mass is 9.83. The zero-order valence-electron chi connectivity index (χ0n) is 17.2. The molecule has 0 aliphatic heterocycles. The van der Waals surface area contributed by atoms with Gasteiger partial charge in [-0.3, -0.25) is 4.79 Å². The standard InChI is InChI=1S/C23H25ClFNO.CH2O3/c24-18-10-11-20(21(25)14-18)22(17-5-1-2-6-17)23(27)26-19-7-3-4-16(13-19)12-15-8-9-15;2-1(3)4/h3-4,7,10-11,13-15,17,22H,1-2,5-6,8-9,12H2,(H,26,27);(H2,2,3,4)/t22-;/m0./s1. The molecular formula is C24H27ClFNO4. The van der Waals surface area contributed by atoms with E-state index < -0.39 is 17.9 Å². The van der Waals surface area contributed by atoms with Crippen LogP contribution in [0.5, 0.6) is 0 Å². The molecule has 1 atom stereocenters. The summed E-state index contributed by atoms with van der Waals surface area (Å²) < 4.78 is 14.6. The van der Waals surface area contributed by atoms with Crippen LogP contribution in [0.2, 0.25) is 5.02 Å². The van der Waals surface area contributed by atoms with Gasteiger partial charge in [0.05, 0.1) is 5.92 Å². The average molecular weight is 448 g/mol. The summed E-state index contributed by atoms with van der Waals surface area (Å²) in [4.78, 5) is 21.7. The molecule has 0 radical (unpaired) electrons. The molecule has 2 aliphatic rings. The van der Waals surface area contributed by atoms with E-state index in [1.807, 2.05) is 12.1 Å². The average Bonchev–Trinajstić information content (AvgIpc) is 3.34. The van der Waals surface area contributed by atoms with Crippen molar-refractivity contribution < 1.29 is 24.2 Å². The van der Waals surface area contributed by atoms with E-state index >= 15 is 0 Å². The molecule has 2 aromatic rings. The largest absolute Gasteiger partial charge is 0.503 e. The van der Waals surface area contributed by atoms with E-state index in [4.69, 9.17) is 26.6 Å². The third-order valence-electron chi connectivity index (χ3n) is 5.87. The molecule has 0 heterocycles. The van der Waals surface area contributed by atoms with Crippen LogP contribution in [0.25, 0.3) is 0 Å². The van der Waals surface area contributed by atoms with Crippen LogP contribution in [0.15, 0.2) is 42.5 Å². The van der Waals surface area contributed by atoms with E-state index in [1.165, 1.54) is 24.5 Å². The molecule has 0 unspecified atom stereocenters. The van der Waals surface area contributed by atoms with E-state index in [-0.39, 0.29) is 11.8 Å². The van der Waals surface area contributed by atoms with E-state index in [0.717, 1.165) is 43.7 Å². The van der Waals surface area contributed by atoms with Crippen LogP contribution in [-0.2, 0) is 11.2 Å². The number of hydrogen-bond donors (Lipinski definition) is 3. The van der Waals surface area contributed by atoms with Gasteiger partial charge in [0.25, 0.3) is 0 Å². The fourth-order valence-corrected chi connectivity index (χ4v) is 4.46. The first-order valence-electron chi connectivity index (χ1n) is 10.6. The highest BCUT2D eigenvalue weighted by Crippen LogP contribution is 2.39. The number of benzene rings is 2. The molecule has 2 fully saturated rings. The number of rotatable bonds is 6. The van der Waals surface area contributed by atoms with Gasteiger partial charge in [-0.15, -0.1) is 0 Å². The Balaban J connectivity index is 0.000000628. The summed E-state index contributed by atoms with van der Waals surface area (Å²) in [7, 11) is 0. The maximum atomic E-state index is 14.6. The quantitative estimate of drug-likeness (QED) is 0.467. The molecular weight excluding hydrogens is 421 g/mol. The number of anilines is 1. The van der Waals surface area contributed by atoms with Gasteiger partial charge in [-0.1, -0.05) is 42.6 Å². The third kappa shape index (κ3) is 6.96. The van der Waals surface area contributed by atoms with Gasteiger partial charge in [-0.05, 0) is 73.8 Å². The van der Waals surface area contributed by atoms with Crippen molar-refractivity contribution in [1.82, 2.24) is 0 Å². The Labute approximate surface area is 186 Å². The number of halogens is 2. The molecule has 31 heavy (non-hydrogen) atoms. The normalized spacial score (nSPS) is 16.8. The number of carbonyl (C=O) groups is 2. The van der Waals surface area contributed by atoms with E-state index in [0.29, 0.717) is 10.6 Å². The highest BCUT2D eigenvalue weighted by Gasteiger charge is 2.34. The molecule has 166 valence electrons. The number of amides is 1. The predicted octanol–water partition coefficient (Wildman–Crippen LogP) is 6.57. The molecule has 2 aliphatic carbocycles. The van der Waals surface area contributed by atoms with E-state index in [2.05, 4.69) is 17.4 Å². The van der Waals surface area contributed by atoms with Gasteiger partial charge in [0.15, 0.2) is 0 Å². The molecule has 3 N–H and O–H groups in total. The van der Waals surface area contributed by atoms with Gasteiger partial charge in [0.1, 0.15) is 5.82 Å². The van der Waals surface area contributed by atoms with Crippen LogP contribution in [0.3, 0.4) is 0 Å². The minimum Gasteiger partial charge on any atom is -0.450 e. The Morgan fingerprint density at radius 2 is 1.74 bits per heavy atom. The van der Waals surface area contributed by atoms with Crippen molar-refractivity contribution >= 4 is 29.4 Å². The fourth-order valence-electron chi connectivity index (χ4n) is 4.31. The predicted molar refractivity (Wildman–Crippen MR) is 118 cm³/mol. The van der Waals surface area contributed by atoms with Crippen LogP contribution in [0.1, 0.15) is 55.6 Å². The zero-order valence-corrected chi connectivity index (χ0v) is 17.9. The Morgan fingerprint density at radius 3 is 2.35 bits per heavy atom. The number of nitrogens with one attached hydrogen (secondary N) is 1. The summed E-state index contributed by atoms with van der Waals surface area (Å²) in [6, 6.07) is 12.7. The first-order valence-corrected chi connectivity index (χ1v) is 11.0. The molecule has 0 spiro atoms. The van der Waals surface area contributed by atoms with Crippen molar-refractivity contribution in [2.75, 3.05) is 5.32 Å². The lowest BCUT2D eigenvalue weighted by molar-refractivity contribution is -0.118. The molecule has 7 heteroatoms. The summed E-state index contributed by atoms with van der Waals surface area (Å²) in [5, 5.41) is 17.4. The van der Waals surface area contributed by atoms with Gasteiger partial charge in [0, 0.05) is 16.3 Å². The molecule has 0 aromatic heterocycles. The van der Waals surface area contributed by atoms with Crippen molar-refractivity contribution in [2.24, 2.45) is 11.8 Å². The Morgan fingerprint density at radius 1 is 1.06 bits per heavy atom. The van der Waals surface area contributed by atoms with Crippen molar-refractivity contribution in [1.29, 1.82) is 0 Å². The smallest absolute Gasteiger partial charge is 0.450 e. The topological polar surface area (TPSA) is 86.6 Å². The second-order valence-electron chi connectivity index (χ2n) is 8.31. The molecule has 5 nitrogen and oxygen atoms in total. The van der Waals surface area contributed by atoms with Gasteiger partial charge in [-0.25, -0.2) is 9.18 Å². The molecule has 1 amide bonds. The van der Waals surface area contributed by atoms with E-state index in [9.17, 15) is 9.18 Å². The maximum Gasteiger partial charge on any atom is 0.503 e. The number of carbonyl (C=O) groups excluding carboxylic acids is 1. The maximum absolute atomic E-state index is 14.6. The zero-order chi connectivity index (χ0) is 22.4. The first kappa shape index (κ1) is 23.1. The van der Waals surface area contributed by atoms with Gasteiger partial charge in [0.2, 0.25) is 5.91 Å². The Hall–Kier alpha value is -2.60. The highest BCUT2D eigenvalue weighted by atomic mass is 35.5. The minimum atomic E-state index is -1.83. The van der Waals surface area contributed by atoms with Crippen molar-refractivity contribution in [2.45, 2.75) is 50.9 Å². The molecule has 0 bridgehead atoms. The van der Waals surface area contributed by atoms with Crippen molar-refractivity contribution in [3.05, 3.63) is 64.4 Å². The molecule has 0 saturated heterocycles. The monoisotopic (exact) mass is 447 g/mol. The Bertz CT molecular complexity index is 922. The lowest BCUT2D eigenvalue weighted by Crippen LogP contribution is -2.27. The van der Waals surface area contributed by atoms with Crippen LogP contribution in [0, 0.1) is 17.7 Å².